The standard InChI is InChI=1S/C16H18N2O5/c1-3-6-21-15(19)13-9(2)17-16(20)18-14(13)10-4-5-11-12(7-10)23-8-22-11/h4-5,7,14H,3,6,8H2,1-2H3,(H2,17,18,20)/t14-/m1/s1. The second-order valence-corrected chi connectivity index (χ2v) is 5.32. The normalized spacial score (nSPS) is 19.2. The Hall–Kier alpha value is -2.70. The van der Waals surface area contributed by atoms with Crippen LogP contribution in [0, 0.1) is 0 Å². The summed E-state index contributed by atoms with van der Waals surface area (Å²) in [7, 11) is 0. The Balaban J connectivity index is 1.95. The zero-order valence-corrected chi connectivity index (χ0v) is 13.0. The second-order valence-electron chi connectivity index (χ2n) is 5.32. The first-order valence-corrected chi connectivity index (χ1v) is 7.45. The van der Waals surface area contributed by atoms with Gasteiger partial charge in [-0.2, -0.15) is 0 Å². The van der Waals surface area contributed by atoms with Gasteiger partial charge in [-0.15, -0.1) is 0 Å². The topological polar surface area (TPSA) is 85.9 Å². The summed E-state index contributed by atoms with van der Waals surface area (Å²) in [5.41, 5.74) is 1.60. The summed E-state index contributed by atoms with van der Waals surface area (Å²) in [6.45, 7) is 4.10. The summed E-state index contributed by atoms with van der Waals surface area (Å²) >= 11 is 0. The summed E-state index contributed by atoms with van der Waals surface area (Å²) in [5, 5.41) is 5.37. The minimum Gasteiger partial charge on any atom is -0.462 e. The van der Waals surface area contributed by atoms with E-state index in [-0.39, 0.29) is 12.8 Å². The molecule has 122 valence electrons. The molecule has 1 atom stereocenters. The molecule has 7 heteroatoms. The van der Waals surface area contributed by atoms with Crippen LogP contribution in [0.15, 0.2) is 29.5 Å². The van der Waals surface area contributed by atoms with Crippen molar-refractivity contribution in [1.29, 1.82) is 0 Å². The lowest BCUT2D eigenvalue weighted by molar-refractivity contribution is -0.139. The summed E-state index contributed by atoms with van der Waals surface area (Å²) in [4.78, 5) is 24.2. The van der Waals surface area contributed by atoms with Gasteiger partial charge >= 0.3 is 12.0 Å². The number of amides is 2. The second kappa shape index (κ2) is 6.20. The number of hydrogen-bond donors (Lipinski definition) is 2. The van der Waals surface area contributed by atoms with Crippen molar-refractivity contribution < 1.29 is 23.8 Å². The summed E-state index contributed by atoms with van der Waals surface area (Å²) in [5.74, 6) is 0.790. The fourth-order valence-electron chi connectivity index (χ4n) is 2.58. The first-order chi connectivity index (χ1) is 11.1. The third-order valence-electron chi connectivity index (χ3n) is 3.66. The number of nitrogens with one attached hydrogen (secondary N) is 2. The number of urea groups is 1. The Labute approximate surface area is 133 Å². The highest BCUT2D eigenvalue weighted by Gasteiger charge is 2.33. The molecule has 2 amide bonds. The summed E-state index contributed by atoms with van der Waals surface area (Å²) in [6, 6.07) is 4.36. The van der Waals surface area contributed by atoms with E-state index < -0.39 is 12.0 Å². The molecule has 1 aromatic rings. The minimum atomic E-state index is -0.595. The lowest BCUT2D eigenvalue weighted by Gasteiger charge is -2.28. The van der Waals surface area contributed by atoms with Crippen molar-refractivity contribution in [3.05, 3.63) is 35.0 Å². The van der Waals surface area contributed by atoms with Gasteiger partial charge in [-0.25, -0.2) is 9.59 Å². The minimum absolute atomic E-state index is 0.164. The molecule has 2 aliphatic rings. The zero-order chi connectivity index (χ0) is 16.4. The Kier molecular flexibility index (Phi) is 4.10. The number of fused-ring (bicyclic) bond motifs is 1. The molecule has 3 rings (SSSR count). The van der Waals surface area contributed by atoms with E-state index in [0.717, 1.165) is 12.0 Å². The summed E-state index contributed by atoms with van der Waals surface area (Å²) in [6.07, 6.45) is 0.729. The van der Waals surface area contributed by atoms with Crippen LogP contribution in [-0.2, 0) is 9.53 Å². The molecule has 0 unspecified atom stereocenters. The molecule has 2 N–H and O–H groups in total. The highest BCUT2D eigenvalue weighted by atomic mass is 16.7. The van der Waals surface area contributed by atoms with E-state index >= 15 is 0 Å². The molecule has 23 heavy (non-hydrogen) atoms. The molecular weight excluding hydrogens is 300 g/mol. The molecule has 1 aromatic carbocycles. The van der Waals surface area contributed by atoms with Crippen molar-refractivity contribution in [3.8, 4) is 11.5 Å². The molecule has 0 bridgehead atoms. The Morgan fingerprint density at radius 1 is 1.35 bits per heavy atom. The molecule has 2 heterocycles. The van der Waals surface area contributed by atoms with E-state index in [1.807, 2.05) is 6.92 Å². The number of esters is 1. The maximum Gasteiger partial charge on any atom is 0.338 e. The number of carbonyl (C=O) groups excluding carboxylic acids is 2. The highest BCUT2D eigenvalue weighted by Crippen LogP contribution is 2.36. The fraction of sp³-hybridized carbons (Fsp3) is 0.375. The molecule has 7 nitrogen and oxygen atoms in total. The monoisotopic (exact) mass is 318 g/mol. The van der Waals surface area contributed by atoms with Crippen LogP contribution < -0.4 is 20.1 Å². The van der Waals surface area contributed by atoms with Crippen molar-refractivity contribution in [3.63, 3.8) is 0 Å². The van der Waals surface area contributed by atoms with Crippen LogP contribution in [0.2, 0.25) is 0 Å². The van der Waals surface area contributed by atoms with Crippen LogP contribution in [-0.4, -0.2) is 25.4 Å². The predicted molar refractivity (Wildman–Crippen MR) is 80.9 cm³/mol. The lowest BCUT2D eigenvalue weighted by atomic mass is 9.95. The van der Waals surface area contributed by atoms with E-state index in [2.05, 4.69) is 10.6 Å². The number of benzene rings is 1. The molecular formula is C16H18N2O5. The van der Waals surface area contributed by atoms with Crippen molar-refractivity contribution in [2.75, 3.05) is 13.4 Å². The first kappa shape index (κ1) is 15.2. The van der Waals surface area contributed by atoms with Gasteiger partial charge in [0, 0.05) is 5.70 Å². The van der Waals surface area contributed by atoms with Crippen molar-refractivity contribution in [2.24, 2.45) is 0 Å². The highest BCUT2D eigenvalue weighted by molar-refractivity contribution is 5.95. The van der Waals surface area contributed by atoms with Crippen LogP contribution in [0.5, 0.6) is 11.5 Å². The third-order valence-corrected chi connectivity index (χ3v) is 3.66. The van der Waals surface area contributed by atoms with Crippen LogP contribution in [0.3, 0.4) is 0 Å². The van der Waals surface area contributed by atoms with Gasteiger partial charge in [0.25, 0.3) is 0 Å². The van der Waals surface area contributed by atoms with Gasteiger partial charge in [0.2, 0.25) is 6.79 Å². The molecule has 0 spiro atoms. The molecule has 2 aliphatic heterocycles. The molecule has 0 aromatic heterocycles. The molecule has 0 fully saturated rings. The van der Waals surface area contributed by atoms with Crippen LogP contribution in [0.25, 0.3) is 0 Å². The average Bonchev–Trinajstić information content (AvgIpc) is 2.99. The van der Waals surface area contributed by atoms with Crippen LogP contribution in [0.4, 0.5) is 4.79 Å². The van der Waals surface area contributed by atoms with Gasteiger partial charge < -0.3 is 24.8 Å². The smallest absolute Gasteiger partial charge is 0.338 e. The first-order valence-electron chi connectivity index (χ1n) is 7.45. The largest absolute Gasteiger partial charge is 0.462 e. The summed E-state index contributed by atoms with van der Waals surface area (Å²) < 4.78 is 15.9. The maximum absolute atomic E-state index is 12.4. The number of hydrogen-bond acceptors (Lipinski definition) is 5. The van der Waals surface area contributed by atoms with E-state index in [0.29, 0.717) is 29.4 Å². The molecule has 0 saturated heterocycles. The molecule has 0 aliphatic carbocycles. The van der Waals surface area contributed by atoms with E-state index in [4.69, 9.17) is 14.2 Å². The van der Waals surface area contributed by atoms with Crippen molar-refractivity contribution >= 4 is 12.0 Å². The van der Waals surface area contributed by atoms with Gasteiger partial charge in [0.1, 0.15) is 0 Å². The lowest BCUT2D eigenvalue weighted by Crippen LogP contribution is -2.45. The third kappa shape index (κ3) is 2.94. The van der Waals surface area contributed by atoms with Gasteiger partial charge in [-0.1, -0.05) is 13.0 Å². The van der Waals surface area contributed by atoms with E-state index in [9.17, 15) is 9.59 Å². The Bertz CT molecular complexity index is 683. The van der Waals surface area contributed by atoms with Crippen LogP contribution in [0.1, 0.15) is 31.9 Å². The van der Waals surface area contributed by atoms with E-state index in [1.54, 1.807) is 25.1 Å². The molecule has 0 saturated carbocycles. The van der Waals surface area contributed by atoms with Gasteiger partial charge in [-0.3, -0.25) is 0 Å². The molecule has 0 radical (unpaired) electrons. The quantitative estimate of drug-likeness (QED) is 0.829. The number of allylic oxidation sites excluding steroid dienone is 1. The number of carbonyl (C=O) groups is 2. The maximum atomic E-state index is 12.4. The van der Waals surface area contributed by atoms with Gasteiger partial charge in [-0.05, 0) is 31.0 Å². The number of rotatable bonds is 4. The average molecular weight is 318 g/mol. The Morgan fingerprint density at radius 2 is 2.13 bits per heavy atom. The van der Waals surface area contributed by atoms with E-state index in [1.165, 1.54) is 0 Å². The van der Waals surface area contributed by atoms with Crippen molar-refractivity contribution in [1.82, 2.24) is 10.6 Å². The Morgan fingerprint density at radius 3 is 2.91 bits per heavy atom. The van der Waals surface area contributed by atoms with Crippen molar-refractivity contribution in [2.45, 2.75) is 26.3 Å². The predicted octanol–water partition coefficient (Wildman–Crippen LogP) is 2.00. The van der Waals surface area contributed by atoms with Gasteiger partial charge in [0.15, 0.2) is 11.5 Å². The zero-order valence-electron chi connectivity index (χ0n) is 13.0. The van der Waals surface area contributed by atoms with Gasteiger partial charge in [0.05, 0.1) is 18.2 Å². The number of ether oxygens (including phenoxy) is 3. The fourth-order valence-corrected chi connectivity index (χ4v) is 2.58. The SMILES string of the molecule is CCCOC(=O)C1=C(C)NC(=O)N[C@@H]1c1ccc2c(c1)OCO2. The van der Waals surface area contributed by atoms with Crippen LogP contribution >= 0.6 is 0 Å².